The van der Waals surface area contributed by atoms with Gasteiger partial charge in [0, 0.05) is 7.05 Å². The monoisotopic (exact) mass is 309 g/mol. The van der Waals surface area contributed by atoms with Crippen LogP contribution in [0.3, 0.4) is 0 Å². The maximum absolute atomic E-state index is 12.6. The van der Waals surface area contributed by atoms with Crippen LogP contribution in [0.25, 0.3) is 0 Å². The number of sulfonamides is 1. The maximum atomic E-state index is 12.6. The quantitative estimate of drug-likeness (QED) is 0.864. The highest BCUT2D eigenvalue weighted by Gasteiger charge is 2.27. The summed E-state index contributed by atoms with van der Waals surface area (Å²) in [4.78, 5) is 0.166. The van der Waals surface area contributed by atoms with Gasteiger partial charge in [-0.3, -0.25) is 4.68 Å². The maximum Gasteiger partial charge on any atom is 0.244 e. The van der Waals surface area contributed by atoms with E-state index in [9.17, 15) is 13.5 Å². The lowest BCUT2D eigenvalue weighted by molar-refractivity contribution is 0.259. The first kappa shape index (κ1) is 15.7. The molecule has 0 saturated carbocycles. The summed E-state index contributed by atoms with van der Waals surface area (Å²) in [6, 6.07) is 8.29. The van der Waals surface area contributed by atoms with Crippen LogP contribution in [0.15, 0.2) is 35.2 Å². The highest BCUT2D eigenvalue weighted by Crippen LogP contribution is 2.21. The van der Waals surface area contributed by atoms with E-state index in [1.807, 2.05) is 6.07 Å². The van der Waals surface area contributed by atoms with Crippen molar-refractivity contribution < 1.29 is 13.5 Å². The molecule has 2 rings (SSSR count). The third-order valence-electron chi connectivity index (χ3n) is 3.39. The Labute approximate surface area is 124 Å². The van der Waals surface area contributed by atoms with E-state index >= 15 is 0 Å². The van der Waals surface area contributed by atoms with Gasteiger partial charge in [0.25, 0.3) is 0 Å². The minimum absolute atomic E-state index is 0.166. The number of hydrogen-bond donors (Lipinski definition) is 2. The number of benzene rings is 1. The summed E-state index contributed by atoms with van der Waals surface area (Å²) in [5.41, 5.74) is 1.71. The van der Waals surface area contributed by atoms with E-state index in [1.54, 1.807) is 45.2 Å². The molecule has 0 amide bonds. The first-order valence-electron chi connectivity index (χ1n) is 6.55. The molecule has 0 aliphatic rings. The highest BCUT2D eigenvalue weighted by atomic mass is 32.2. The number of aromatic nitrogens is 2. The molecular formula is C14H19N3O3S. The Hall–Kier alpha value is -1.70. The molecule has 2 aromatic rings. The van der Waals surface area contributed by atoms with E-state index in [4.69, 9.17) is 0 Å². The van der Waals surface area contributed by atoms with Crippen molar-refractivity contribution in [3.63, 3.8) is 0 Å². The molecule has 0 spiro atoms. The van der Waals surface area contributed by atoms with Crippen LogP contribution in [0.2, 0.25) is 0 Å². The van der Waals surface area contributed by atoms with Gasteiger partial charge in [0.15, 0.2) is 0 Å². The van der Waals surface area contributed by atoms with E-state index in [0.29, 0.717) is 17.0 Å². The fourth-order valence-corrected chi connectivity index (χ4v) is 3.94. The van der Waals surface area contributed by atoms with Crippen molar-refractivity contribution in [1.82, 2.24) is 14.5 Å². The smallest absolute Gasteiger partial charge is 0.244 e. The Bertz CT molecular complexity index is 723. The fourth-order valence-electron chi connectivity index (χ4n) is 2.29. The largest absolute Gasteiger partial charge is 0.394 e. The van der Waals surface area contributed by atoms with Crippen LogP contribution >= 0.6 is 0 Å². The molecule has 1 heterocycles. The summed E-state index contributed by atoms with van der Waals surface area (Å²) in [7, 11) is -2.06. The second-order valence-electron chi connectivity index (χ2n) is 4.89. The highest BCUT2D eigenvalue weighted by molar-refractivity contribution is 7.89. The number of aliphatic hydroxyl groups is 1. The van der Waals surface area contributed by atoms with E-state index in [0.717, 1.165) is 0 Å². The third-order valence-corrected chi connectivity index (χ3v) is 5.12. The molecule has 0 bridgehead atoms. The lowest BCUT2D eigenvalue weighted by Gasteiger charge is -2.17. The predicted octanol–water partition coefficient (Wildman–Crippen LogP) is 1.05. The SMILES string of the molecule is Cc1nn(C)c(C)c1S(=O)(=O)NC(CO)c1ccccc1. The van der Waals surface area contributed by atoms with E-state index < -0.39 is 16.1 Å². The van der Waals surface area contributed by atoms with Gasteiger partial charge in [-0.25, -0.2) is 13.1 Å². The molecule has 6 nitrogen and oxygen atoms in total. The van der Waals surface area contributed by atoms with Crippen LogP contribution in [0.4, 0.5) is 0 Å². The van der Waals surface area contributed by atoms with Gasteiger partial charge in [0.05, 0.1) is 24.0 Å². The Morgan fingerprint density at radius 3 is 2.38 bits per heavy atom. The minimum atomic E-state index is -3.75. The van der Waals surface area contributed by atoms with Crippen LogP contribution in [0, 0.1) is 13.8 Å². The Morgan fingerprint density at radius 1 is 1.29 bits per heavy atom. The minimum Gasteiger partial charge on any atom is -0.394 e. The first-order valence-corrected chi connectivity index (χ1v) is 8.03. The molecule has 7 heteroatoms. The Morgan fingerprint density at radius 2 is 1.90 bits per heavy atom. The standard InChI is InChI=1S/C14H19N3O3S/c1-10-14(11(2)17(3)15-10)21(19,20)16-13(9-18)12-7-5-4-6-8-12/h4-8,13,16,18H,9H2,1-3H3. The van der Waals surface area contributed by atoms with Gasteiger partial charge in [-0.05, 0) is 19.4 Å². The molecule has 1 atom stereocenters. The summed E-state index contributed by atoms with van der Waals surface area (Å²) in [6.45, 7) is 3.03. The zero-order chi connectivity index (χ0) is 15.6. The van der Waals surface area contributed by atoms with Crippen molar-refractivity contribution in [1.29, 1.82) is 0 Å². The summed E-state index contributed by atoms with van der Waals surface area (Å²) < 4.78 is 29.2. The zero-order valence-electron chi connectivity index (χ0n) is 12.2. The molecule has 2 N–H and O–H groups in total. The van der Waals surface area contributed by atoms with Gasteiger partial charge in [-0.2, -0.15) is 5.10 Å². The van der Waals surface area contributed by atoms with Gasteiger partial charge in [0.2, 0.25) is 10.0 Å². The van der Waals surface area contributed by atoms with Crippen molar-refractivity contribution in [2.75, 3.05) is 6.61 Å². The first-order chi connectivity index (χ1) is 9.86. The van der Waals surface area contributed by atoms with Gasteiger partial charge in [0.1, 0.15) is 4.90 Å². The number of hydrogen-bond acceptors (Lipinski definition) is 4. The molecule has 1 aromatic heterocycles. The Balaban J connectivity index is 2.36. The van der Waals surface area contributed by atoms with Gasteiger partial charge >= 0.3 is 0 Å². The molecular weight excluding hydrogens is 290 g/mol. The predicted molar refractivity (Wildman–Crippen MR) is 79.3 cm³/mol. The van der Waals surface area contributed by atoms with Crippen LogP contribution < -0.4 is 4.72 Å². The van der Waals surface area contributed by atoms with E-state index in [1.165, 1.54) is 4.68 Å². The van der Waals surface area contributed by atoms with E-state index in [-0.39, 0.29) is 11.5 Å². The molecule has 0 saturated heterocycles. The lowest BCUT2D eigenvalue weighted by atomic mass is 10.1. The average Bonchev–Trinajstić information content (AvgIpc) is 2.71. The molecule has 0 aliphatic carbocycles. The van der Waals surface area contributed by atoms with Crippen molar-refractivity contribution in [2.45, 2.75) is 24.8 Å². The molecule has 0 radical (unpaired) electrons. The fraction of sp³-hybridized carbons (Fsp3) is 0.357. The molecule has 0 aliphatic heterocycles. The number of aliphatic hydroxyl groups excluding tert-OH is 1. The van der Waals surface area contributed by atoms with Crippen LogP contribution in [0.5, 0.6) is 0 Å². The van der Waals surface area contributed by atoms with Gasteiger partial charge in [-0.15, -0.1) is 0 Å². The van der Waals surface area contributed by atoms with Gasteiger partial charge in [-0.1, -0.05) is 30.3 Å². The Kier molecular flexibility index (Phi) is 4.46. The number of nitrogens with one attached hydrogen (secondary N) is 1. The second-order valence-corrected chi connectivity index (χ2v) is 6.54. The number of nitrogens with zero attached hydrogens (tertiary/aromatic N) is 2. The summed E-state index contributed by atoms with van der Waals surface area (Å²) in [5, 5.41) is 13.6. The topological polar surface area (TPSA) is 84.2 Å². The molecule has 1 unspecified atom stereocenters. The van der Waals surface area contributed by atoms with Gasteiger partial charge < -0.3 is 5.11 Å². The lowest BCUT2D eigenvalue weighted by Crippen LogP contribution is -2.31. The molecule has 1 aromatic carbocycles. The summed E-state index contributed by atoms with van der Waals surface area (Å²) in [5.74, 6) is 0. The molecule has 114 valence electrons. The number of aryl methyl sites for hydroxylation is 2. The normalized spacial score (nSPS) is 13.3. The van der Waals surface area contributed by atoms with Crippen LogP contribution in [0.1, 0.15) is 23.0 Å². The summed E-state index contributed by atoms with van der Waals surface area (Å²) >= 11 is 0. The second kappa shape index (κ2) is 5.97. The van der Waals surface area contributed by atoms with Crippen molar-refractivity contribution in [3.8, 4) is 0 Å². The summed E-state index contributed by atoms with van der Waals surface area (Å²) in [6.07, 6.45) is 0. The van der Waals surface area contributed by atoms with Crippen molar-refractivity contribution >= 4 is 10.0 Å². The van der Waals surface area contributed by atoms with Crippen molar-refractivity contribution in [2.24, 2.45) is 7.05 Å². The third kappa shape index (κ3) is 3.15. The zero-order valence-corrected chi connectivity index (χ0v) is 13.1. The van der Waals surface area contributed by atoms with Crippen LogP contribution in [-0.4, -0.2) is 29.9 Å². The van der Waals surface area contributed by atoms with Crippen molar-refractivity contribution in [3.05, 3.63) is 47.3 Å². The number of rotatable bonds is 5. The molecule has 21 heavy (non-hydrogen) atoms. The van der Waals surface area contributed by atoms with E-state index in [2.05, 4.69) is 9.82 Å². The average molecular weight is 309 g/mol. The molecule has 0 fully saturated rings. The van der Waals surface area contributed by atoms with Crippen LogP contribution in [-0.2, 0) is 17.1 Å².